The number of carbonyl (C=O) groups is 12. The van der Waals surface area contributed by atoms with Gasteiger partial charge in [0, 0.05) is 144 Å². The van der Waals surface area contributed by atoms with E-state index < -0.39 is 153 Å². The number of carbonyl (C=O) groups excluding carboxylic acids is 12. The highest BCUT2D eigenvalue weighted by Gasteiger charge is 2.48. The second-order valence-electron chi connectivity index (χ2n) is 33.7. The Morgan fingerprint density at radius 3 is 1.11 bits per heavy atom. The number of likely N-dealkylation sites (tertiary alicyclic amines) is 1. The van der Waals surface area contributed by atoms with Crippen molar-refractivity contribution in [1.82, 2.24) is 52.8 Å². The van der Waals surface area contributed by atoms with Gasteiger partial charge in [0.2, 0.25) is 41.4 Å². The first kappa shape index (κ1) is 117. The third-order valence-electron chi connectivity index (χ3n) is 22.9. The number of nitrogens with zero attached hydrogens (tertiary/aromatic N) is 1. The summed E-state index contributed by atoms with van der Waals surface area (Å²) in [4.78, 5) is 154. The first-order valence-electron chi connectivity index (χ1n) is 46.6. The summed E-state index contributed by atoms with van der Waals surface area (Å²) in [5, 5.41) is 116. The minimum absolute atomic E-state index is 0.00733. The molecule has 0 aliphatic carbocycles. The van der Waals surface area contributed by atoms with Gasteiger partial charge in [-0.1, -0.05) is 66.5 Å². The Morgan fingerprint density at radius 1 is 0.382 bits per heavy atom. The summed E-state index contributed by atoms with van der Waals surface area (Å²) >= 11 is 0. The molecule has 17 atom stereocenters. The predicted octanol–water partition coefficient (Wildman–Crippen LogP) is 1.65. The maximum absolute atomic E-state index is 14.3. The summed E-state index contributed by atoms with van der Waals surface area (Å²) in [5.74, 6) is -0.882. The van der Waals surface area contributed by atoms with Gasteiger partial charge < -0.3 is 151 Å². The highest BCUT2D eigenvalue weighted by Crippen LogP contribution is 2.40. The first-order chi connectivity index (χ1) is 63.0. The molecule has 10 amide bonds. The van der Waals surface area contributed by atoms with Gasteiger partial charge >= 0.3 is 18.3 Å². The van der Waals surface area contributed by atoms with Crippen molar-refractivity contribution >= 4 is 92.8 Å². The van der Waals surface area contributed by atoms with Gasteiger partial charge in [0.05, 0.1) is 78.2 Å². The number of rotatable bonds is 72. The zero-order valence-electron chi connectivity index (χ0n) is 77.3. The van der Waals surface area contributed by atoms with Crippen LogP contribution in [0.15, 0.2) is 0 Å². The summed E-state index contributed by atoms with van der Waals surface area (Å²) in [6, 6.07) is -3.33. The Labute approximate surface area is 777 Å². The zero-order valence-corrected chi connectivity index (χ0v) is 78.9. The van der Waals surface area contributed by atoms with Crippen LogP contribution in [0.3, 0.4) is 0 Å². The van der Waals surface area contributed by atoms with E-state index in [1.165, 1.54) is 31.6 Å². The van der Waals surface area contributed by atoms with Crippen LogP contribution >= 0.6 is 21.6 Å². The van der Waals surface area contributed by atoms with Gasteiger partial charge in [-0.15, -0.1) is 0 Å². The average molecular weight is 1920 g/mol. The zero-order chi connectivity index (χ0) is 96.1. The van der Waals surface area contributed by atoms with Crippen molar-refractivity contribution in [2.75, 3.05) is 138 Å². The van der Waals surface area contributed by atoms with Gasteiger partial charge in [0.1, 0.15) is 84.6 Å². The quantitative estimate of drug-likeness (QED) is 0.0234. The number of methoxy groups -OCH3 is 2. The second-order valence-corrected chi connectivity index (χ2v) is 36.4. The Kier molecular flexibility index (Phi) is 61.8. The normalized spacial score (nSPS) is 24.0. The minimum Gasteiger partial charge on any atom is -0.450 e. The first-order valence-corrected chi connectivity index (χ1v) is 49.1. The van der Waals surface area contributed by atoms with E-state index in [0.717, 1.165) is 44.9 Å². The lowest BCUT2D eigenvalue weighted by molar-refractivity contribution is -0.270. The van der Waals surface area contributed by atoms with Gasteiger partial charge in [-0.3, -0.25) is 43.2 Å². The molecule has 0 radical (unpaired) electrons. The van der Waals surface area contributed by atoms with E-state index in [1.807, 2.05) is 0 Å². The Balaban J connectivity index is 1.28. The van der Waals surface area contributed by atoms with Crippen molar-refractivity contribution in [3.8, 4) is 0 Å². The van der Waals surface area contributed by atoms with E-state index >= 15 is 0 Å². The number of ketones is 2. The van der Waals surface area contributed by atoms with Crippen LogP contribution in [0, 0.1) is 5.41 Å². The molecule has 0 spiro atoms. The summed E-state index contributed by atoms with van der Waals surface area (Å²) < 4.78 is 61.6. The van der Waals surface area contributed by atoms with E-state index in [-0.39, 0.29) is 138 Å². The molecule has 44 heteroatoms. The Hall–Kier alpha value is -6.54. The molecule has 131 heavy (non-hydrogen) atoms. The molecule has 4 saturated heterocycles. The number of alkyl carbamates (subject to hydrolysis) is 3. The largest absolute Gasteiger partial charge is 0.450 e. The number of Topliss-reactive ketones (excluding diaryl/α,β-unsaturated/α-hetero) is 2. The third kappa shape index (κ3) is 49.2. The highest BCUT2D eigenvalue weighted by atomic mass is 33.1. The summed E-state index contributed by atoms with van der Waals surface area (Å²) in [5.41, 5.74) is -0.727. The maximum atomic E-state index is 14.3. The lowest BCUT2D eigenvalue weighted by Crippen LogP contribution is -2.64. The van der Waals surface area contributed by atoms with Crippen LogP contribution < -0.4 is 47.9 Å². The number of aliphatic hydroxyl groups excluding tert-OH is 9. The van der Waals surface area contributed by atoms with E-state index in [4.69, 9.17) is 52.1 Å². The van der Waals surface area contributed by atoms with E-state index in [1.54, 1.807) is 29.9 Å². The Morgan fingerprint density at radius 2 is 0.733 bits per heavy atom. The van der Waals surface area contributed by atoms with Crippen molar-refractivity contribution < 1.29 is 156 Å². The SMILES string of the molecule is COC[C@H]1C[C@H](OC)CN1C(=O)CCCNC(=O)CCCSSCCC(=O)CC(CCCOC(=O)NCCCCCCCC(=O)CCCOC1OC(CO)C(O)C(O)C1NC(C)=O)(CCCOC(=O)NCCCCCCNC(=O)CCCOC1OC(CO)C(O)C(O)C1NC(C)=O)CCCOC(=O)NCCCCCCNC(=O)CCCOC1OC(CO)C(O)C(O)C1NC(C)=O. The van der Waals surface area contributed by atoms with E-state index in [0.29, 0.717) is 180 Å². The van der Waals surface area contributed by atoms with Crippen LogP contribution in [0.4, 0.5) is 14.4 Å². The van der Waals surface area contributed by atoms with Gasteiger partial charge in [0.25, 0.3) is 0 Å². The van der Waals surface area contributed by atoms with E-state index in [2.05, 4.69) is 47.9 Å². The van der Waals surface area contributed by atoms with Crippen LogP contribution in [0.2, 0.25) is 0 Å². The van der Waals surface area contributed by atoms with Gasteiger partial charge in [-0.2, -0.15) is 0 Å². The lowest BCUT2D eigenvalue weighted by atomic mass is 9.71. The Bertz CT molecular complexity index is 3030. The van der Waals surface area contributed by atoms with Crippen molar-refractivity contribution in [3.05, 3.63) is 0 Å². The molecule has 4 heterocycles. The number of aliphatic hydroxyl groups is 9. The maximum Gasteiger partial charge on any atom is 0.407 e. The average Bonchev–Trinajstić information content (AvgIpc) is 1.63. The van der Waals surface area contributed by atoms with Crippen LogP contribution in [0.1, 0.15) is 233 Å². The topological polar surface area (TPSA) is 600 Å². The molecule has 18 N–H and O–H groups in total. The molecule has 0 aromatic rings. The number of unbranched alkanes of at least 4 members (excludes halogenated alkanes) is 10. The second kappa shape index (κ2) is 69.3. The molecule has 4 aliphatic heterocycles. The molecule has 15 unspecified atom stereocenters. The highest BCUT2D eigenvalue weighted by molar-refractivity contribution is 8.76. The third-order valence-corrected chi connectivity index (χ3v) is 25.4. The molecule has 4 rings (SSSR count). The molecule has 4 aliphatic rings. The fourth-order valence-electron chi connectivity index (χ4n) is 15.8. The minimum atomic E-state index is -1.46. The smallest absolute Gasteiger partial charge is 0.407 e. The fourth-order valence-corrected chi connectivity index (χ4v) is 17.9. The molecule has 756 valence electrons. The molecule has 0 saturated carbocycles. The number of hydrogen-bond donors (Lipinski definition) is 18. The number of amides is 10. The number of hydrogen-bond acceptors (Lipinski definition) is 34. The number of nitrogens with one attached hydrogen (secondary N) is 9. The molecular formula is C87H154N10O32S2. The van der Waals surface area contributed by atoms with Crippen molar-refractivity contribution in [2.45, 2.75) is 337 Å². The fraction of sp³-hybridized carbons (Fsp3) is 0.862. The molecule has 4 fully saturated rings. The predicted molar refractivity (Wildman–Crippen MR) is 479 cm³/mol. The lowest BCUT2D eigenvalue weighted by Gasteiger charge is -2.42. The molecule has 42 nitrogen and oxygen atoms in total. The summed E-state index contributed by atoms with van der Waals surface area (Å²) in [6.45, 7) is 5.18. The van der Waals surface area contributed by atoms with E-state index in [9.17, 15) is 103 Å². The van der Waals surface area contributed by atoms with Crippen LogP contribution in [0.25, 0.3) is 0 Å². The van der Waals surface area contributed by atoms with Gasteiger partial charge in [-0.05, 0) is 121 Å². The van der Waals surface area contributed by atoms with Gasteiger partial charge in [0.15, 0.2) is 18.9 Å². The number of ether oxygens (including phenoxy) is 11. The van der Waals surface area contributed by atoms with Crippen LogP contribution in [0.5, 0.6) is 0 Å². The summed E-state index contributed by atoms with van der Waals surface area (Å²) in [7, 11) is 6.30. The summed E-state index contributed by atoms with van der Waals surface area (Å²) in [6.07, 6.45) is -1.57. The molecule has 0 bridgehead atoms. The van der Waals surface area contributed by atoms with Crippen LogP contribution in [-0.4, -0.2) is 364 Å². The standard InChI is InChI=1S/C87H154N10O32S2/c1-58(101)94-72-78(113)75(110)65(54-98)127-81(72)121-43-20-28-62(104)27-13-7-6-8-16-39-91-84(116)124-46-24-34-87(52-63(105)33-50-131-130-49-23-31-70(108)90-42-19-32-71(109)97-53-64(120-5)51-61(97)57-119-4,35-25-47-125-85(117)92-40-17-11-9-14-37-88-68(106)29-21-44-122-82-73(95-59(2)102)79(114)76(111)66(55-99)128-82)36-26-48-126-86(118)93-41-18-12-10-15-38-89-69(107)30-22-45-123-83-74(96-60(3)103)80(115)77(112)67(56-100)129-83/h61,64-67,72-83,98-100,110-115H,6-57H2,1-5H3,(H,88,106)(H,89,107)(H,90,108)(H,91,116)(H,92,117)(H,93,118)(H,94,101)(H,95,102)(H,96,103)/t61-,64+,65?,66?,67?,72?,73?,74?,75?,76?,77?,78?,79?,80?,81?,82?,83?,87?/m1/s1. The monoisotopic (exact) mass is 1920 g/mol. The van der Waals surface area contributed by atoms with Crippen molar-refractivity contribution in [1.29, 1.82) is 0 Å². The molecular weight excluding hydrogens is 1760 g/mol. The molecule has 0 aromatic heterocycles. The van der Waals surface area contributed by atoms with Crippen molar-refractivity contribution in [2.24, 2.45) is 5.41 Å². The van der Waals surface area contributed by atoms with Crippen molar-refractivity contribution in [3.63, 3.8) is 0 Å². The van der Waals surface area contributed by atoms with Crippen LogP contribution in [-0.2, 0) is 95.3 Å². The molecule has 0 aromatic carbocycles. The van der Waals surface area contributed by atoms with Gasteiger partial charge in [-0.25, -0.2) is 14.4 Å².